The summed E-state index contributed by atoms with van der Waals surface area (Å²) in [5, 5.41) is 3.29. The Kier molecular flexibility index (Phi) is 5.21. The average Bonchev–Trinajstić information content (AvgIpc) is 3.44. The first-order valence-corrected chi connectivity index (χ1v) is 14.4. The van der Waals surface area contributed by atoms with Gasteiger partial charge in [-0.05, 0) is 18.2 Å². The van der Waals surface area contributed by atoms with Crippen LogP contribution in [0, 0.1) is 0 Å². The molecule has 0 N–H and O–H groups in total. The fraction of sp³-hybridized carbons (Fsp3) is 0. The molecule has 0 unspecified atom stereocenters. The molecular formula is C37H22N6O. The molecule has 0 atom stereocenters. The minimum Gasteiger partial charge on any atom is -0.276 e. The van der Waals surface area contributed by atoms with E-state index in [4.69, 9.17) is 19.9 Å². The minimum absolute atomic E-state index is 0.116. The van der Waals surface area contributed by atoms with Crippen LogP contribution in [0.5, 0.6) is 0 Å². The van der Waals surface area contributed by atoms with Gasteiger partial charge in [-0.3, -0.25) is 13.8 Å². The molecule has 44 heavy (non-hydrogen) atoms. The van der Waals surface area contributed by atoms with Crippen molar-refractivity contribution in [1.29, 1.82) is 0 Å². The summed E-state index contributed by atoms with van der Waals surface area (Å²) in [5.41, 5.74) is 5.42. The number of para-hydroxylation sites is 2. The third-order valence-corrected chi connectivity index (χ3v) is 8.16. The van der Waals surface area contributed by atoms with E-state index in [9.17, 15) is 4.79 Å². The molecule has 4 aromatic heterocycles. The van der Waals surface area contributed by atoms with E-state index < -0.39 is 0 Å². The third-order valence-electron chi connectivity index (χ3n) is 8.16. The lowest BCUT2D eigenvalue weighted by Gasteiger charge is -2.13. The lowest BCUT2D eigenvalue weighted by molar-refractivity contribution is 0.954. The number of hydrogen-bond acceptors (Lipinski definition) is 5. The molecule has 0 saturated carbocycles. The number of pyridine rings is 1. The van der Waals surface area contributed by atoms with Crippen molar-refractivity contribution in [3.63, 3.8) is 0 Å². The Bertz CT molecular complexity index is 2570. The summed E-state index contributed by atoms with van der Waals surface area (Å²) in [7, 11) is 0. The number of nitrogens with zero attached hydrogens (tertiary/aromatic N) is 6. The summed E-state index contributed by atoms with van der Waals surface area (Å²) < 4.78 is 3.82. The molecule has 0 aliphatic heterocycles. The van der Waals surface area contributed by atoms with Crippen LogP contribution in [-0.4, -0.2) is 28.9 Å². The van der Waals surface area contributed by atoms with Crippen LogP contribution >= 0.6 is 0 Å². The highest BCUT2D eigenvalue weighted by Gasteiger charge is 2.23. The first-order valence-electron chi connectivity index (χ1n) is 14.4. The largest absolute Gasteiger partial charge is 0.276 e. The van der Waals surface area contributed by atoms with E-state index in [1.807, 2.05) is 127 Å². The Morgan fingerprint density at radius 2 is 1.00 bits per heavy atom. The molecule has 0 fully saturated rings. The summed E-state index contributed by atoms with van der Waals surface area (Å²) in [6.45, 7) is 0. The van der Waals surface area contributed by atoms with Crippen molar-refractivity contribution in [2.45, 2.75) is 0 Å². The second-order valence-corrected chi connectivity index (χ2v) is 10.7. The van der Waals surface area contributed by atoms with Gasteiger partial charge in [0.2, 0.25) is 5.95 Å². The smallest absolute Gasteiger partial charge is 0.266 e. The SMILES string of the molecule is O=c1c2ccccc2nc2c3ccccc3c3c(c4ccccc4n3-c3nc(-c4ccccc4)nc(-c4ccccc4)n3)n12. The number of fused-ring (bicyclic) bond motifs is 9. The van der Waals surface area contributed by atoms with Gasteiger partial charge in [-0.25, -0.2) is 9.97 Å². The van der Waals surface area contributed by atoms with Crippen LogP contribution in [0.1, 0.15) is 0 Å². The van der Waals surface area contributed by atoms with E-state index in [-0.39, 0.29) is 5.56 Å². The van der Waals surface area contributed by atoms with Gasteiger partial charge < -0.3 is 0 Å². The van der Waals surface area contributed by atoms with Gasteiger partial charge in [-0.2, -0.15) is 9.97 Å². The second kappa shape index (κ2) is 9.40. The van der Waals surface area contributed by atoms with Gasteiger partial charge in [-0.15, -0.1) is 0 Å². The Balaban J connectivity index is 1.51. The van der Waals surface area contributed by atoms with E-state index >= 15 is 0 Å². The highest BCUT2D eigenvalue weighted by molar-refractivity contribution is 6.20. The second-order valence-electron chi connectivity index (χ2n) is 10.7. The van der Waals surface area contributed by atoms with Crippen LogP contribution in [-0.2, 0) is 0 Å². The predicted octanol–water partition coefficient (Wildman–Crippen LogP) is 7.62. The van der Waals surface area contributed by atoms with Crippen LogP contribution in [0.2, 0.25) is 0 Å². The number of rotatable bonds is 3. The Morgan fingerprint density at radius 1 is 0.455 bits per heavy atom. The normalized spacial score (nSPS) is 11.7. The van der Waals surface area contributed by atoms with Crippen molar-refractivity contribution in [2.24, 2.45) is 0 Å². The Morgan fingerprint density at radius 3 is 1.68 bits per heavy atom. The van der Waals surface area contributed by atoms with Crippen LogP contribution in [0.3, 0.4) is 0 Å². The van der Waals surface area contributed by atoms with Crippen molar-refractivity contribution in [3.8, 4) is 28.7 Å². The van der Waals surface area contributed by atoms with Gasteiger partial charge in [0, 0.05) is 27.3 Å². The molecule has 0 aliphatic carbocycles. The predicted molar refractivity (Wildman–Crippen MR) is 175 cm³/mol. The highest BCUT2D eigenvalue weighted by Crippen LogP contribution is 2.37. The van der Waals surface area contributed by atoms with Crippen molar-refractivity contribution in [3.05, 3.63) is 144 Å². The molecule has 206 valence electrons. The zero-order chi connectivity index (χ0) is 29.2. The maximum atomic E-state index is 14.3. The lowest BCUT2D eigenvalue weighted by Crippen LogP contribution is -2.16. The molecule has 0 spiro atoms. The summed E-state index contributed by atoms with van der Waals surface area (Å²) in [5.74, 6) is 1.60. The van der Waals surface area contributed by atoms with E-state index in [0.29, 0.717) is 34.1 Å². The first-order chi connectivity index (χ1) is 21.8. The molecule has 9 aromatic rings. The minimum atomic E-state index is -0.116. The van der Waals surface area contributed by atoms with Crippen LogP contribution in [0.25, 0.3) is 78.0 Å². The van der Waals surface area contributed by atoms with Crippen molar-refractivity contribution in [1.82, 2.24) is 28.9 Å². The molecule has 0 radical (unpaired) electrons. The number of aromatic nitrogens is 6. The molecule has 5 aromatic carbocycles. The van der Waals surface area contributed by atoms with Crippen LogP contribution in [0.15, 0.2) is 138 Å². The van der Waals surface area contributed by atoms with E-state index in [1.54, 1.807) is 4.40 Å². The highest BCUT2D eigenvalue weighted by atomic mass is 16.1. The van der Waals surface area contributed by atoms with Gasteiger partial charge in [0.15, 0.2) is 11.6 Å². The van der Waals surface area contributed by atoms with E-state index in [2.05, 4.69) is 10.6 Å². The Hall–Kier alpha value is -6.21. The lowest BCUT2D eigenvalue weighted by atomic mass is 10.1. The summed E-state index contributed by atoms with van der Waals surface area (Å²) >= 11 is 0. The fourth-order valence-corrected chi connectivity index (χ4v) is 6.21. The van der Waals surface area contributed by atoms with Gasteiger partial charge in [0.25, 0.3) is 5.56 Å². The van der Waals surface area contributed by atoms with Gasteiger partial charge >= 0.3 is 0 Å². The molecule has 9 rings (SSSR count). The maximum Gasteiger partial charge on any atom is 0.266 e. The van der Waals surface area contributed by atoms with Gasteiger partial charge in [0.05, 0.1) is 27.5 Å². The standard InChI is InChI=1S/C37H22N6O/c44-36-27-19-9-11-21-29(27)38-35-26-18-8-7-17-25(26)31-32(43(35)36)28-20-10-12-22-30(28)42(31)37-40-33(23-13-3-1-4-14-23)39-34(41-37)24-15-5-2-6-16-24/h1-22H. The topological polar surface area (TPSA) is 78.0 Å². The first kappa shape index (κ1) is 24.4. The molecule has 0 bridgehead atoms. The molecule has 4 heterocycles. The molecular weight excluding hydrogens is 544 g/mol. The van der Waals surface area contributed by atoms with Crippen molar-refractivity contribution < 1.29 is 0 Å². The molecule has 7 nitrogen and oxygen atoms in total. The van der Waals surface area contributed by atoms with Crippen molar-refractivity contribution >= 4 is 49.3 Å². The van der Waals surface area contributed by atoms with E-state index in [1.165, 1.54) is 0 Å². The average molecular weight is 567 g/mol. The molecule has 7 heteroatoms. The summed E-state index contributed by atoms with van der Waals surface area (Å²) in [4.78, 5) is 34.4. The zero-order valence-electron chi connectivity index (χ0n) is 23.3. The quantitative estimate of drug-likeness (QED) is 0.162. The summed E-state index contributed by atoms with van der Waals surface area (Å²) in [6, 6.07) is 43.5. The number of hydrogen-bond donors (Lipinski definition) is 0. The monoisotopic (exact) mass is 566 g/mol. The van der Waals surface area contributed by atoms with Gasteiger partial charge in [0.1, 0.15) is 5.65 Å². The van der Waals surface area contributed by atoms with Crippen LogP contribution < -0.4 is 5.56 Å². The van der Waals surface area contributed by atoms with Crippen LogP contribution in [0.4, 0.5) is 0 Å². The Labute approximate surface area is 250 Å². The fourth-order valence-electron chi connectivity index (χ4n) is 6.21. The summed E-state index contributed by atoms with van der Waals surface area (Å²) in [6.07, 6.45) is 0. The maximum absolute atomic E-state index is 14.3. The molecule has 0 amide bonds. The van der Waals surface area contributed by atoms with Gasteiger partial charge in [-0.1, -0.05) is 115 Å². The number of benzene rings is 5. The zero-order valence-corrected chi connectivity index (χ0v) is 23.3. The molecule has 0 saturated heterocycles. The molecule has 0 aliphatic rings. The van der Waals surface area contributed by atoms with E-state index in [0.717, 1.165) is 43.8 Å². The van der Waals surface area contributed by atoms with Crippen molar-refractivity contribution in [2.75, 3.05) is 0 Å². The third kappa shape index (κ3) is 3.53.